The van der Waals surface area contributed by atoms with E-state index in [0.29, 0.717) is 6.61 Å². The molecule has 1 unspecified atom stereocenters. The zero-order chi connectivity index (χ0) is 15.2. The minimum Gasteiger partial charge on any atom is -0.493 e. The van der Waals surface area contributed by atoms with Crippen molar-refractivity contribution in [3.8, 4) is 11.5 Å². The molecule has 21 heavy (non-hydrogen) atoms. The Labute approximate surface area is 129 Å². The summed E-state index contributed by atoms with van der Waals surface area (Å²) < 4.78 is 11.2. The molecule has 0 aliphatic rings. The maximum Gasteiger partial charge on any atom is 0.161 e. The van der Waals surface area contributed by atoms with Crippen LogP contribution in [0.1, 0.15) is 29.6 Å². The summed E-state index contributed by atoms with van der Waals surface area (Å²) in [5, 5.41) is 2.98. The molecule has 5 heteroatoms. The minimum atomic E-state index is 0.180. The molecule has 0 saturated heterocycles. The fourth-order valence-corrected chi connectivity index (χ4v) is 2.70. The van der Waals surface area contributed by atoms with Gasteiger partial charge in [0.15, 0.2) is 11.5 Å². The number of nitrogens with two attached hydrogens (primary N) is 1. The van der Waals surface area contributed by atoms with Crippen LogP contribution >= 0.6 is 11.3 Å². The van der Waals surface area contributed by atoms with Crippen molar-refractivity contribution < 1.29 is 9.47 Å². The van der Waals surface area contributed by atoms with Crippen LogP contribution in [0.25, 0.3) is 0 Å². The first-order chi connectivity index (χ1) is 10.1. The van der Waals surface area contributed by atoms with Crippen LogP contribution < -0.4 is 15.2 Å². The molecule has 0 fully saturated rings. The van der Waals surface area contributed by atoms with Crippen molar-refractivity contribution in [2.45, 2.75) is 39.3 Å². The molecule has 0 amide bonds. The summed E-state index contributed by atoms with van der Waals surface area (Å²) in [6.45, 7) is 4.53. The highest BCUT2D eigenvalue weighted by molar-refractivity contribution is 7.09. The first-order valence-corrected chi connectivity index (χ1v) is 7.96. The molecule has 1 heterocycles. The van der Waals surface area contributed by atoms with Gasteiger partial charge in [-0.25, -0.2) is 4.98 Å². The van der Waals surface area contributed by atoms with Crippen molar-refractivity contribution >= 4 is 11.3 Å². The van der Waals surface area contributed by atoms with Crippen molar-refractivity contribution in [3.63, 3.8) is 0 Å². The number of ether oxygens (including phenoxy) is 2. The van der Waals surface area contributed by atoms with Gasteiger partial charge in [-0.05, 0) is 37.5 Å². The third kappa shape index (κ3) is 4.44. The molecule has 1 aromatic heterocycles. The van der Waals surface area contributed by atoms with Crippen LogP contribution in [0.15, 0.2) is 23.6 Å². The van der Waals surface area contributed by atoms with Crippen molar-refractivity contribution in [3.05, 3.63) is 39.8 Å². The Morgan fingerprint density at radius 1 is 1.33 bits per heavy atom. The van der Waals surface area contributed by atoms with Crippen LogP contribution in [0.2, 0.25) is 0 Å². The zero-order valence-corrected chi connectivity index (χ0v) is 13.6. The van der Waals surface area contributed by atoms with Crippen LogP contribution in [0.3, 0.4) is 0 Å². The lowest BCUT2D eigenvalue weighted by Crippen LogP contribution is -2.21. The van der Waals surface area contributed by atoms with E-state index >= 15 is 0 Å². The summed E-state index contributed by atoms with van der Waals surface area (Å²) in [4.78, 5) is 4.39. The average Bonchev–Trinajstić information content (AvgIpc) is 2.91. The van der Waals surface area contributed by atoms with Gasteiger partial charge >= 0.3 is 0 Å². The number of benzene rings is 1. The molecule has 0 saturated carbocycles. The van der Waals surface area contributed by atoms with E-state index in [9.17, 15) is 0 Å². The van der Waals surface area contributed by atoms with Gasteiger partial charge in [-0.3, -0.25) is 0 Å². The summed E-state index contributed by atoms with van der Waals surface area (Å²) in [6.07, 6.45) is 1.81. The SMILES string of the molecule is CCC(N)Cc1ccc(OCc2nc(C)cs2)c(OC)c1. The molecule has 0 bridgehead atoms. The monoisotopic (exact) mass is 306 g/mol. The molecule has 1 aromatic carbocycles. The summed E-state index contributed by atoms with van der Waals surface area (Å²) in [6, 6.07) is 6.16. The quantitative estimate of drug-likeness (QED) is 0.852. The molecule has 4 nitrogen and oxygen atoms in total. The highest BCUT2D eigenvalue weighted by Gasteiger charge is 2.09. The van der Waals surface area contributed by atoms with Crippen LogP contribution in [0.5, 0.6) is 11.5 Å². The second-order valence-corrected chi connectivity index (χ2v) is 5.97. The van der Waals surface area contributed by atoms with Crippen molar-refractivity contribution in [1.29, 1.82) is 0 Å². The van der Waals surface area contributed by atoms with E-state index in [1.165, 1.54) is 5.56 Å². The second-order valence-electron chi connectivity index (χ2n) is 5.03. The standard InChI is InChI=1S/C16H22N2O2S/c1-4-13(17)7-12-5-6-14(15(8-12)19-3)20-9-16-18-11(2)10-21-16/h5-6,8,10,13H,4,7,9,17H2,1-3H3. The molecule has 0 spiro atoms. The molecule has 114 valence electrons. The second kappa shape index (κ2) is 7.43. The molecule has 0 aliphatic carbocycles. The Balaban J connectivity index is 2.05. The topological polar surface area (TPSA) is 57.4 Å². The van der Waals surface area contributed by atoms with Crippen molar-refractivity contribution in [1.82, 2.24) is 4.98 Å². The van der Waals surface area contributed by atoms with E-state index < -0.39 is 0 Å². The number of nitrogens with zero attached hydrogens (tertiary/aromatic N) is 1. The number of aryl methyl sites for hydroxylation is 1. The van der Waals surface area contributed by atoms with Crippen molar-refractivity contribution in [2.75, 3.05) is 7.11 Å². The molecular weight excluding hydrogens is 284 g/mol. The first-order valence-electron chi connectivity index (χ1n) is 7.08. The van der Waals surface area contributed by atoms with Gasteiger partial charge in [0.1, 0.15) is 11.6 Å². The highest BCUT2D eigenvalue weighted by atomic mass is 32.1. The summed E-state index contributed by atoms with van der Waals surface area (Å²) in [7, 11) is 1.65. The molecule has 0 aliphatic heterocycles. The van der Waals surface area contributed by atoms with Crippen LogP contribution in [0, 0.1) is 6.92 Å². The Morgan fingerprint density at radius 3 is 2.76 bits per heavy atom. The van der Waals surface area contributed by atoms with Gasteiger partial charge in [-0.2, -0.15) is 0 Å². The lowest BCUT2D eigenvalue weighted by molar-refractivity contribution is 0.283. The molecular formula is C16H22N2O2S. The molecule has 0 radical (unpaired) electrons. The van der Waals surface area contributed by atoms with E-state index in [0.717, 1.165) is 35.0 Å². The lowest BCUT2D eigenvalue weighted by atomic mass is 10.0. The van der Waals surface area contributed by atoms with E-state index in [1.807, 2.05) is 30.5 Å². The largest absolute Gasteiger partial charge is 0.493 e. The minimum absolute atomic E-state index is 0.180. The van der Waals surface area contributed by atoms with Crippen LogP contribution in [-0.4, -0.2) is 18.1 Å². The number of rotatable bonds is 7. The third-order valence-electron chi connectivity index (χ3n) is 3.27. The number of hydrogen-bond donors (Lipinski definition) is 1. The predicted octanol–water partition coefficient (Wildman–Crippen LogP) is 3.32. The molecule has 2 N–H and O–H groups in total. The van der Waals surface area contributed by atoms with Crippen LogP contribution in [-0.2, 0) is 13.0 Å². The van der Waals surface area contributed by atoms with E-state index in [4.69, 9.17) is 15.2 Å². The maximum absolute atomic E-state index is 5.99. The van der Waals surface area contributed by atoms with E-state index in [1.54, 1.807) is 18.4 Å². The summed E-state index contributed by atoms with van der Waals surface area (Å²) in [5.74, 6) is 1.48. The van der Waals surface area contributed by atoms with Gasteiger partial charge in [0, 0.05) is 17.1 Å². The molecule has 2 aromatic rings. The Kier molecular flexibility index (Phi) is 5.59. The van der Waals surface area contributed by atoms with Crippen molar-refractivity contribution in [2.24, 2.45) is 5.73 Å². The van der Waals surface area contributed by atoms with Crippen LogP contribution in [0.4, 0.5) is 0 Å². The summed E-state index contributed by atoms with van der Waals surface area (Å²) >= 11 is 1.60. The van der Waals surface area contributed by atoms with Gasteiger partial charge < -0.3 is 15.2 Å². The van der Waals surface area contributed by atoms with Gasteiger partial charge in [0.2, 0.25) is 0 Å². The van der Waals surface area contributed by atoms with Gasteiger partial charge in [0.05, 0.1) is 7.11 Å². The fraction of sp³-hybridized carbons (Fsp3) is 0.438. The van der Waals surface area contributed by atoms with Gasteiger partial charge in [-0.1, -0.05) is 13.0 Å². The summed E-state index contributed by atoms with van der Waals surface area (Å²) in [5.41, 5.74) is 8.18. The van der Waals surface area contributed by atoms with E-state index in [2.05, 4.69) is 11.9 Å². The maximum atomic E-state index is 5.99. The number of aromatic nitrogens is 1. The average molecular weight is 306 g/mol. The van der Waals surface area contributed by atoms with Gasteiger partial charge in [-0.15, -0.1) is 11.3 Å². The van der Waals surface area contributed by atoms with Gasteiger partial charge in [0.25, 0.3) is 0 Å². The number of methoxy groups -OCH3 is 1. The lowest BCUT2D eigenvalue weighted by Gasteiger charge is -2.13. The fourth-order valence-electron chi connectivity index (χ4n) is 2.01. The Bertz CT molecular complexity index is 583. The smallest absolute Gasteiger partial charge is 0.161 e. The highest BCUT2D eigenvalue weighted by Crippen LogP contribution is 2.29. The normalized spacial score (nSPS) is 12.2. The Hall–Kier alpha value is -1.59. The Morgan fingerprint density at radius 2 is 2.14 bits per heavy atom. The first kappa shape index (κ1) is 15.8. The van der Waals surface area contributed by atoms with E-state index in [-0.39, 0.29) is 6.04 Å². The molecule has 1 atom stereocenters. The molecule has 2 rings (SSSR count). The predicted molar refractivity (Wildman–Crippen MR) is 86.1 cm³/mol. The zero-order valence-electron chi connectivity index (χ0n) is 12.8. The number of thiazole rings is 1. The third-order valence-corrected chi connectivity index (χ3v) is 4.21. The number of hydrogen-bond acceptors (Lipinski definition) is 5.